The molecule has 0 aliphatic carbocycles. The fourth-order valence-corrected chi connectivity index (χ4v) is 2.79. The number of hydrazone groups is 1. The minimum absolute atomic E-state index is 0.662. The molecule has 0 aliphatic heterocycles. The van der Waals surface area contributed by atoms with Gasteiger partial charge in [0.2, 0.25) is 0 Å². The van der Waals surface area contributed by atoms with E-state index >= 15 is 0 Å². The van der Waals surface area contributed by atoms with Crippen LogP contribution in [-0.2, 0) is 9.59 Å². The number of nitrogens with two attached hydrogens (primary N) is 1. The second kappa shape index (κ2) is 6.06. The summed E-state index contributed by atoms with van der Waals surface area (Å²) in [5, 5.41) is 8.05. The van der Waals surface area contributed by atoms with Crippen LogP contribution >= 0.6 is 11.6 Å². The number of amides is 2. The van der Waals surface area contributed by atoms with Gasteiger partial charge in [-0.25, -0.2) is 5.43 Å². The summed E-state index contributed by atoms with van der Waals surface area (Å²) < 4.78 is 0. The van der Waals surface area contributed by atoms with Gasteiger partial charge in [-0.05, 0) is 10.8 Å². The number of hydrogen-bond donors (Lipinski definition) is 2. The molecule has 3 N–H and O–H groups in total. The van der Waals surface area contributed by atoms with Crippen molar-refractivity contribution in [3.8, 4) is 0 Å². The highest BCUT2D eigenvalue weighted by Crippen LogP contribution is 2.35. The Bertz CT molecular complexity index is 910. The summed E-state index contributed by atoms with van der Waals surface area (Å²) >= 11 is 6.50. The summed E-state index contributed by atoms with van der Waals surface area (Å²) in [6.07, 6.45) is 1.49. The lowest BCUT2D eigenvalue weighted by atomic mass is 9.97. The van der Waals surface area contributed by atoms with Crippen LogP contribution in [0.2, 0.25) is 5.02 Å². The van der Waals surface area contributed by atoms with Gasteiger partial charge in [-0.15, -0.1) is 0 Å². The van der Waals surface area contributed by atoms with E-state index in [0.29, 0.717) is 5.02 Å². The number of halogens is 1. The van der Waals surface area contributed by atoms with Crippen LogP contribution in [0.1, 0.15) is 5.56 Å². The van der Waals surface area contributed by atoms with E-state index in [4.69, 9.17) is 17.3 Å². The average molecular weight is 326 g/mol. The van der Waals surface area contributed by atoms with Crippen molar-refractivity contribution in [1.82, 2.24) is 5.43 Å². The molecule has 2 amide bonds. The molecule has 0 aromatic heterocycles. The number of carbonyl (C=O) groups is 2. The van der Waals surface area contributed by atoms with E-state index in [-0.39, 0.29) is 0 Å². The molecule has 0 unspecified atom stereocenters. The SMILES string of the molecule is NC(=O)C(=O)N/N=C\c1c2ccccc2c(Cl)c2ccccc12. The van der Waals surface area contributed by atoms with E-state index in [0.717, 1.165) is 27.1 Å². The highest BCUT2D eigenvalue weighted by atomic mass is 35.5. The molecule has 3 aromatic carbocycles. The summed E-state index contributed by atoms with van der Waals surface area (Å²) in [5.41, 5.74) is 7.77. The quantitative estimate of drug-likeness (QED) is 0.328. The Balaban J connectivity index is 2.20. The lowest BCUT2D eigenvalue weighted by Crippen LogP contribution is -2.32. The highest BCUT2D eigenvalue weighted by Gasteiger charge is 2.11. The van der Waals surface area contributed by atoms with Gasteiger partial charge in [0.25, 0.3) is 0 Å². The second-order valence-electron chi connectivity index (χ2n) is 4.88. The van der Waals surface area contributed by atoms with Crippen molar-refractivity contribution >= 4 is 51.2 Å². The zero-order chi connectivity index (χ0) is 16.4. The lowest BCUT2D eigenvalue weighted by molar-refractivity contribution is -0.137. The van der Waals surface area contributed by atoms with E-state index in [1.54, 1.807) is 0 Å². The van der Waals surface area contributed by atoms with Gasteiger partial charge < -0.3 is 5.73 Å². The largest absolute Gasteiger partial charge is 0.361 e. The molecule has 0 saturated heterocycles. The van der Waals surface area contributed by atoms with Gasteiger partial charge in [0.05, 0.1) is 11.2 Å². The number of nitrogens with one attached hydrogen (secondary N) is 1. The summed E-state index contributed by atoms with van der Waals surface area (Å²) in [5.74, 6) is -2.06. The molecule has 0 bridgehead atoms. The van der Waals surface area contributed by atoms with Crippen LogP contribution in [-0.4, -0.2) is 18.0 Å². The van der Waals surface area contributed by atoms with E-state index < -0.39 is 11.8 Å². The number of hydrogen-bond acceptors (Lipinski definition) is 3. The molecule has 5 nitrogen and oxygen atoms in total. The molecule has 0 saturated carbocycles. The van der Waals surface area contributed by atoms with Crippen molar-refractivity contribution in [3.63, 3.8) is 0 Å². The predicted molar refractivity (Wildman–Crippen MR) is 91.4 cm³/mol. The van der Waals surface area contributed by atoms with Crippen molar-refractivity contribution in [2.24, 2.45) is 10.8 Å². The Morgan fingerprint density at radius 1 is 0.957 bits per heavy atom. The number of benzene rings is 3. The molecule has 0 radical (unpaired) electrons. The summed E-state index contributed by atoms with van der Waals surface area (Å²) in [4.78, 5) is 21.9. The van der Waals surface area contributed by atoms with Crippen LogP contribution in [0.15, 0.2) is 53.6 Å². The van der Waals surface area contributed by atoms with Crippen LogP contribution in [0, 0.1) is 0 Å². The standard InChI is InChI=1S/C17H12ClN3O2/c18-15-12-7-3-1-5-10(12)14(9-20-21-17(23)16(19)22)11-6-2-4-8-13(11)15/h1-9H,(H2,19,22)(H,21,23)/b20-9-. The Morgan fingerprint density at radius 2 is 1.43 bits per heavy atom. The zero-order valence-corrected chi connectivity index (χ0v) is 12.7. The minimum atomic E-state index is -1.09. The smallest absolute Gasteiger partial charge is 0.329 e. The third kappa shape index (κ3) is 2.74. The first-order valence-electron chi connectivity index (χ1n) is 6.81. The van der Waals surface area contributed by atoms with Crippen LogP contribution in [0.4, 0.5) is 0 Å². The fraction of sp³-hybridized carbons (Fsp3) is 0. The molecule has 0 atom stereocenters. The maximum absolute atomic E-state index is 11.2. The van der Waals surface area contributed by atoms with Crippen molar-refractivity contribution in [2.75, 3.05) is 0 Å². The fourth-order valence-electron chi connectivity index (χ4n) is 2.46. The van der Waals surface area contributed by atoms with Crippen molar-refractivity contribution in [3.05, 3.63) is 59.1 Å². The van der Waals surface area contributed by atoms with Gasteiger partial charge in [0, 0.05) is 16.3 Å². The normalized spacial score (nSPS) is 11.2. The predicted octanol–water partition coefficient (Wildman–Crippen LogP) is 2.58. The molecule has 6 heteroatoms. The molecule has 0 aliphatic rings. The molecule has 3 aromatic rings. The minimum Gasteiger partial charge on any atom is -0.361 e. The van der Waals surface area contributed by atoms with Gasteiger partial charge >= 0.3 is 11.8 Å². The highest BCUT2D eigenvalue weighted by molar-refractivity contribution is 6.42. The Morgan fingerprint density at radius 3 is 1.91 bits per heavy atom. The molecule has 0 spiro atoms. The van der Waals surface area contributed by atoms with Crippen molar-refractivity contribution < 1.29 is 9.59 Å². The van der Waals surface area contributed by atoms with E-state index in [1.165, 1.54) is 6.21 Å². The lowest BCUT2D eigenvalue weighted by Gasteiger charge is -2.10. The van der Waals surface area contributed by atoms with Crippen LogP contribution in [0.3, 0.4) is 0 Å². The Labute approximate surface area is 136 Å². The summed E-state index contributed by atoms with van der Waals surface area (Å²) in [7, 11) is 0. The van der Waals surface area contributed by atoms with E-state index in [2.05, 4.69) is 10.5 Å². The van der Waals surface area contributed by atoms with Gasteiger partial charge in [-0.1, -0.05) is 60.1 Å². The maximum Gasteiger partial charge on any atom is 0.329 e. The zero-order valence-electron chi connectivity index (χ0n) is 11.9. The van der Waals surface area contributed by atoms with Crippen LogP contribution in [0.5, 0.6) is 0 Å². The first kappa shape index (κ1) is 15.0. The number of nitrogens with zero attached hydrogens (tertiary/aromatic N) is 1. The molecular weight excluding hydrogens is 314 g/mol. The van der Waals surface area contributed by atoms with Gasteiger partial charge in [0.15, 0.2) is 0 Å². The van der Waals surface area contributed by atoms with Gasteiger partial charge in [0.1, 0.15) is 0 Å². The van der Waals surface area contributed by atoms with Gasteiger partial charge in [-0.3, -0.25) is 9.59 Å². The number of carbonyl (C=O) groups excluding carboxylic acids is 2. The van der Waals surface area contributed by atoms with Crippen molar-refractivity contribution in [1.29, 1.82) is 0 Å². The molecule has 0 fully saturated rings. The van der Waals surface area contributed by atoms with Crippen LogP contribution in [0.25, 0.3) is 21.5 Å². The molecular formula is C17H12ClN3O2. The van der Waals surface area contributed by atoms with E-state index in [1.807, 2.05) is 48.5 Å². The average Bonchev–Trinajstić information content (AvgIpc) is 2.57. The molecule has 0 heterocycles. The summed E-state index contributed by atoms with van der Waals surface area (Å²) in [6.45, 7) is 0. The summed E-state index contributed by atoms with van der Waals surface area (Å²) in [6, 6.07) is 15.3. The maximum atomic E-state index is 11.2. The second-order valence-corrected chi connectivity index (χ2v) is 5.26. The first-order chi connectivity index (χ1) is 11.1. The molecule has 114 valence electrons. The third-order valence-corrected chi connectivity index (χ3v) is 3.90. The Kier molecular flexibility index (Phi) is 3.95. The number of rotatable bonds is 2. The number of primary amides is 1. The van der Waals surface area contributed by atoms with Crippen LogP contribution < -0.4 is 11.2 Å². The van der Waals surface area contributed by atoms with Gasteiger partial charge in [-0.2, -0.15) is 5.10 Å². The monoisotopic (exact) mass is 325 g/mol. The molecule has 23 heavy (non-hydrogen) atoms. The van der Waals surface area contributed by atoms with E-state index in [9.17, 15) is 9.59 Å². The Hall–Kier alpha value is -2.92. The first-order valence-corrected chi connectivity index (χ1v) is 7.19. The molecule has 3 rings (SSSR count). The van der Waals surface area contributed by atoms with Crippen molar-refractivity contribution in [2.45, 2.75) is 0 Å². The topological polar surface area (TPSA) is 84.5 Å². The number of fused-ring (bicyclic) bond motifs is 2. The third-order valence-electron chi connectivity index (χ3n) is 3.49.